The first-order valence-electron chi connectivity index (χ1n) is 7.93. The van der Waals surface area contributed by atoms with Gasteiger partial charge in [-0.1, -0.05) is 13.3 Å². The van der Waals surface area contributed by atoms with Gasteiger partial charge in [-0.2, -0.15) is 9.97 Å². The molecule has 1 saturated heterocycles. The van der Waals surface area contributed by atoms with Crippen LogP contribution in [-0.2, 0) is 4.74 Å². The van der Waals surface area contributed by atoms with Crippen molar-refractivity contribution in [3.05, 3.63) is 6.33 Å². The van der Waals surface area contributed by atoms with Crippen LogP contribution in [0.15, 0.2) is 6.33 Å². The highest BCUT2D eigenvalue weighted by molar-refractivity contribution is 5.82. The molecule has 0 aliphatic carbocycles. The fraction of sp³-hybridized carbons (Fsp3) is 0.643. The number of imidazole rings is 1. The van der Waals surface area contributed by atoms with E-state index in [2.05, 4.69) is 27.2 Å². The molecule has 6 N–H and O–H groups in total. The summed E-state index contributed by atoms with van der Waals surface area (Å²) in [4.78, 5) is 12.7. The number of ether oxygens (including phenoxy) is 1. The van der Waals surface area contributed by atoms with Crippen molar-refractivity contribution in [2.24, 2.45) is 0 Å². The molecule has 3 heterocycles. The maximum Gasteiger partial charge on any atom is 0.226 e. The molecule has 0 unspecified atom stereocenters. The lowest BCUT2D eigenvalue weighted by Gasteiger charge is -2.16. The summed E-state index contributed by atoms with van der Waals surface area (Å²) in [5.74, 6) is 0.575. The van der Waals surface area contributed by atoms with Crippen LogP contribution < -0.4 is 11.1 Å². The number of unbranched alkanes of at least 4 members (excludes halogenated alkanes) is 1. The van der Waals surface area contributed by atoms with Gasteiger partial charge in [-0.05, 0) is 6.42 Å². The maximum atomic E-state index is 10.2. The van der Waals surface area contributed by atoms with E-state index in [1.54, 1.807) is 0 Å². The Morgan fingerprint density at radius 1 is 1.33 bits per heavy atom. The van der Waals surface area contributed by atoms with Crippen LogP contribution in [0, 0.1) is 0 Å². The number of hydrogen-bond donors (Lipinski definition) is 5. The van der Waals surface area contributed by atoms with Crippen LogP contribution in [0.5, 0.6) is 0 Å². The Labute approximate surface area is 138 Å². The first-order valence-corrected chi connectivity index (χ1v) is 7.93. The lowest BCUT2D eigenvalue weighted by atomic mass is 10.1. The van der Waals surface area contributed by atoms with Crippen molar-refractivity contribution in [3.8, 4) is 0 Å². The van der Waals surface area contributed by atoms with Crippen LogP contribution in [0.3, 0.4) is 0 Å². The van der Waals surface area contributed by atoms with Crippen molar-refractivity contribution >= 4 is 22.9 Å². The van der Waals surface area contributed by atoms with E-state index in [0.29, 0.717) is 23.7 Å². The van der Waals surface area contributed by atoms with Crippen LogP contribution in [0.4, 0.5) is 11.8 Å². The van der Waals surface area contributed by atoms with E-state index >= 15 is 0 Å². The van der Waals surface area contributed by atoms with Gasteiger partial charge in [-0.25, -0.2) is 4.98 Å². The quantitative estimate of drug-likeness (QED) is 0.428. The molecule has 2 aromatic heterocycles. The monoisotopic (exact) mass is 338 g/mol. The third-order valence-corrected chi connectivity index (χ3v) is 4.05. The van der Waals surface area contributed by atoms with Crippen LogP contribution in [-0.4, -0.2) is 66.3 Å². The lowest BCUT2D eigenvalue weighted by molar-refractivity contribution is -0.0511. The molecule has 4 atom stereocenters. The van der Waals surface area contributed by atoms with Gasteiger partial charge in [0, 0.05) is 6.54 Å². The highest BCUT2D eigenvalue weighted by atomic mass is 16.6. The fourth-order valence-corrected chi connectivity index (χ4v) is 2.69. The molecule has 132 valence electrons. The van der Waals surface area contributed by atoms with Gasteiger partial charge in [-0.15, -0.1) is 0 Å². The van der Waals surface area contributed by atoms with Gasteiger partial charge in [0.15, 0.2) is 17.7 Å². The van der Waals surface area contributed by atoms with Gasteiger partial charge in [0.25, 0.3) is 0 Å². The highest BCUT2D eigenvalue weighted by Gasteiger charge is 2.44. The predicted octanol–water partition coefficient (Wildman–Crippen LogP) is -0.768. The summed E-state index contributed by atoms with van der Waals surface area (Å²) in [6.07, 6.45) is -0.776. The number of aliphatic hydroxyl groups is 3. The molecular formula is C14H22N6O4. The average Bonchev–Trinajstić information content (AvgIpc) is 3.10. The zero-order chi connectivity index (χ0) is 17.3. The van der Waals surface area contributed by atoms with Gasteiger partial charge < -0.3 is 31.1 Å². The molecule has 1 fully saturated rings. The Kier molecular flexibility index (Phi) is 4.81. The number of nitrogen functional groups attached to an aromatic ring is 1. The number of hydrogen-bond acceptors (Lipinski definition) is 9. The Bertz CT molecular complexity index is 708. The van der Waals surface area contributed by atoms with E-state index in [-0.39, 0.29) is 5.82 Å². The van der Waals surface area contributed by atoms with Gasteiger partial charge in [-0.3, -0.25) is 4.57 Å². The molecule has 0 saturated carbocycles. The molecule has 0 amide bonds. The normalized spacial score (nSPS) is 27.0. The molecule has 3 rings (SSSR count). The summed E-state index contributed by atoms with van der Waals surface area (Å²) >= 11 is 0. The lowest BCUT2D eigenvalue weighted by Crippen LogP contribution is -2.33. The minimum Gasteiger partial charge on any atom is -0.394 e. The summed E-state index contributed by atoms with van der Waals surface area (Å²) in [7, 11) is 0. The summed E-state index contributed by atoms with van der Waals surface area (Å²) in [6, 6.07) is 0. The number of aromatic nitrogens is 4. The minimum atomic E-state index is -1.22. The van der Waals surface area contributed by atoms with Crippen LogP contribution in [0.25, 0.3) is 11.2 Å². The number of anilines is 2. The van der Waals surface area contributed by atoms with E-state index in [1.807, 2.05) is 0 Å². The minimum absolute atomic E-state index is 0.212. The number of nitrogens with one attached hydrogen (secondary N) is 1. The zero-order valence-electron chi connectivity index (χ0n) is 13.3. The van der Waals surface area contributed by atoms with Crippen molar-refractivity contribution in [1.82, 2.24) is 19.5 Å². The summed E-state index contributed by atoms with van der Waals surface area (Å²) in [6.45, 7) is 2.39. The number of rotatable bonds is 6. The summed E-state index contributed by atoms with van der Waals surface area (Å²) in [5.41, 5.74) is 6.70. The molecule has 0 radical (unpaired) electrons. The van der Waals surface area contributed by atoms with E-state index in [9.17, 15) is 15.3 Å². The molecule has 1 aliphatic heterocycles. The number of nitrogens with two attached hydrogens (primary N) is 1. The molecule has 0 bridgehead atoms. The molecule has 2 aromatic rings. The topological polar surface area (TPSA) is 152 Å². The second kappa shape index (κ2) is 6.85. The molecule has 0 spiro atoms. The summed E-state index contributed by atoms with van der Waals surface area (Å²) in [5, 5.41) is 32.4. The Hall–Kier alpha value is -2.01. The standard InChI is InChI=1S/C14H22N6O4/c1-2-3-4-16-14-18-11(15)8-12(19-14)20(6-17-8)13-10(23)9(22)7(5-21)24-13/h6-7,9-10,13,21-23H,2-5H2,1H3,(H3,15,16,18,19)/t7-,9-,10-,13-/m1/s1. The molecular weight excluding hydrogens is 316 g/mol. The van der Waals surface area contributed by atoms with Crippen molar-refractivity contribution in [3.63, 3.8) is 0 Å². The fourth-order valence-electron chi connectivity index (χ4n) is 2.69. The Balaban J connectivity index is 1.94. The second-order valence-corrected chi connectivity index (χ2v) is 5.77. The van der Waals surface area contributed by atoms with Crippen molar-refractivity contribution < 1.29 is 20.1 Å². The van der Waals surface area contributed by atoms with Gasteiger partial charge in [0.1, 0.15) is 23.8 Å². The number of nitrogens with zero attached hydrogens (tertiary/aromatic N) is 4. The Morgan fingerprint density at radius 3 is 2.79 bits per heavy atom. The summed E-state index contributed by atoms with van der Waals surface area (Å²) < 4.78 is 7.01. The van der Waals surface area contributed by atoms with E-state index in [1.165, 1.54) is 10.9 Å². The molecule has 0 aromatic carbocycles. The van der Waals surface area contributed by atoms with Gasteiger partial charge in [0.05, 0.1) is 12.9 Å². The van der Waals surface area contributed by atoms with Crippen molar-refractivity contribution in [1.29, 1.82) is 0 Å². The second-order valence-electron chi connectivity index (χ2n) is 5.77. The molecule has 1 aliphatic rings. The third-order valence-electron chi connectivity index (χ3n) is 4.05. The number of fused-ring (bicyclic) bond motifs is 1. The first-order chi connectivity index (χ1) is 11.6. The SMILES string of the molecule is CCCCNc1nc(N)c2ncn([C@@H]3O[C@H](CO)[C@@H](O)[C@H]3O)c2n1. The number of aliphatic hydroxyl groups excluding tert-OH is 3. The van der Waals surface area contributed by atoms with Gasteiger partial charge in [0.2, 0.25) is 5.95 Å². The first kappa shape index (κ1) is 16.8. The molecule has 10 nitrogen and oxygen atoms in total. The predicted molar refractivity (Wildman–Crippen MR) is 86.1 cm³/mol. The van der Waals surface area contributed by atoms with E-state index < -0.39 is 31.1 Å². The van der Waals surface area contributed by atoms with Crippen LogP contribution in [0.2, 0.25) is 0 Å². The van der Waals surface area contributed by atoms with Crippen LogP contribution >= 0.6 is 0 Å². The van der Waals surface area contributed by atoms with Gasteiger partial charge >= 0.3 is 0 Å². The van der Waals surface area contributed by atoms with E-state index in [4.69, 9.17) is 10.5 Å². The van der Waals surface area contributed by atoms with E-state index in [0.717, 1.165) is 12.8 Å². The average molecular weight is 338 g/mol. The zero-order valence-corrected chi connectivity index (χ0v) is 13.3. The third kappa shape index (κ3) is 2.88. The highest BCUT2D eigenvalue weighted by Crippen LogP contribution is 2.32. The maximum absolute atomic E-state index is 10.2. The molecule has 24 heavy (non-hydrogen) atoms. The largest absolute Gasteiger partial charge is 0.394 e. The smallest absolute Gasteiger partial charge is 0.226 e. The van der Waals surface area contributed by atoms with Crippen LogP contribution in [0.1, 0.15) is 26.0 Å². The van der Waals surface area contributed by atoms with Crippen molar-refractivity contribution in [2.45, 2.75) is 44.3 Å². The molecule has 10 heteroatoms. The van der Waals surface area contributed by atoms with Crippen molar-refractivity contribution in [2.75, 3.05) is 24.2 Å². The Morgan fingerprint density at radius 2 is 2.12 bits per heavy atom.